The fraction of sp³-hybridized carbons (Fsp3) is 0.321. The number of carbonyl (C=O) groups is 1. The number of aliphatic hydroxyl groups is 1. The number of methoxy groups -OCH3 is 1. The van der Waals surface area contributed by atoms with Crippen LogP contribution in [-0.4, -0.2) is 37.1 Å². The Balaban J connectivity index is 0.00000101. The van der Waals surface area contributed by atoms with Gasteiger partial charge in [0.05, 0.1) is 13.2 Å². The van der Waals surface area contributed by atoms with Gasteiger partial charge in [-0.25, -0.2) is 0 Å². The van der Waals surface area contributed by atoms with Gasteiger partial charge in [-0.2, -0.15) is 0 Å². The van der Waals surface area contributed by atoms with Crippen molar-refractivity contribution >= 4 is 17.9 Å². The third-order valence-corrected chi connectivity index (χ3v) is 5.13. The van der Waals surface area contributed by atoms with Crippen LogP contribution in [0.5, 0.6) is 5.75 Å². The van der Waals surface area contributed by atoms with Gasteiger partial charge in [-0.1, -0.05) is 80.1 Å². The number of aldehydes is 1. The Labute approximate surface area is 203 Å². The molecule has 0 amide bonds. The van der Waals surface area contributed by atoms with Crippen molar-refractivity contribution < 1.29 is 14.6 Å². The number of hydrogen-bond acceptors (Lipinski definition) is 4. The Morgan fingerprint density at radius 1 is 1.12 bits per heavy atom. The molecule has 0 aliphatic heterocycles. The summed E-state index contributed by atoms with van der Waals surface area (Å²) in [6.07, 6.45) is 9.79. The summed E-state index contributed by atoms with van der Waals surface area (Å²) < 4.78 is 5.25. The second-order valence-corrected chi connectivity index (χ2v) is 7.60. The van der Waals surface area contributed by atoms with Gasteiger partial charge in [-0.05, 0) is 48.9 Å². The number of hydrogen-bond donors (Lipinski definition) is 1. The largest absolute Gasteiger partial charge is 0.497 e. The van der Waals surface area contributed by atoms with Crippen molar-refractivity contribution in [2.24, 2.45) is 0 Å². The van der Waals surface area contributed by atoms with Gasteiger partial charge in [-0.3, -0.25) is 9.69 Å². The summed E-state index contributed by atoms with van der Waals surface area (Å²) in [6, 6.07) is 15.7. The lowest BCUT2D eigenvalue weighted by Crippen LogP contribution is -2.26. The normalized spacial score (nSPS) is 13.3. The number of ether oxygens (including phenoxy) is 1. The van der Waals surface area contributed by atoms with Crippen LogP contribution in [-0.2, 0) is 6.54 Å². The van der Waals surface area contributed by atoms with Crippen LogP contribution in [0.3, 0.4) is 0 Å². The van der Waals surface area contributed by atoms with Gasteiger partial charge in [0, 0.05) is 30.2 Å². The highest BCUT2D eigenvalue weighted by atomic mass is 35.5. The molecule has 0 bridgehead atoms. The molecule has 2 aromatic carbocycles. The number of halogens is 1. The molecule has 4 nitrogen and oxygen atoms in total. The van der Waals surface area contributed by atoms with E-state index in [-0.39, 0.29) is 12.6 Å². The highest BCUT2D eigenvalue weighted by Gasteiger charge is 2.23. The first-order valence-electron chi connectivity index (χ1n) is 11.2. The smallest absolute Gasteiger partial charge is 0.150 e. The van der Waals surface area contributed by atoms with Gasteiger partial charge in [-0.15, -0.1) is 0 Å². The van der Waals surface area contributed by atoms with Crippen LogP contribution in [0, 0.1) is 0 Å². The Bertz CT molecular complexity index is 932. The standard InChI is InChI=1S/C24H24ClNO2.C2H6O.C2H6/c1-26(16-18-10-14-22(28-2)15-11-18)24(19-7-5-8-21(25)13-12-19)23-9-4-3-6-20(23)17-27;1-2-3;1-2/h3-7,9-15,17,24H,8,16H2,1-2H3;3H,2H2,1H3;1-2H3. The Morgan fingerprint density at radius 3 is 2.36 bits per heavy atom. The molecule has 0 aromatic heterocycles. The Kier molecular flexibility index (Phi) is 13.8. The topological polar surface area (TPSA) is 49.8 Å². The van der Waals surface area contributed by atoms with E-state index in [1.54, 1.807) is 14.0 Å². The fourth-order valence-electron chi connectivity index (χ4n) is 3.45. The van der Waals surface area contributed by atoms with E-state index in [1.165, 1.54) is 5.56 Å². The maximum absolute atomic E-state index is 11.7. The minimum Gasteiger partial charge on any atom is -0.497 e. The highest BCUT2D eigenvalue weighted by Crippen LogP contribution is 2.33. The van der Waals surface area contributed by atoms with E-state index < -0.39 is 0 Å². The fourth-order valence-corrected chi connectivity index (χ4v) is 3.60. The van der Waals surface area contributed by atoms with Crippen LogP contribution in [0.2, 0.25) is 0 Å². The van der Waals surface area contributed by atoms with Crippen molar-refractivity contribution in [3.63, 3.8) is 0 Å². The molecular formula is C28H36ClNO3. The number of rotatable bonds is 7. The zero-order valence-corrected chi connectivity index (χ0v) is 21.0. The van der Waals surface area contributed by atoms with Gasteiger partial charge in [0.15, 0.2) is 0 Å². The zero-order valence-electron chi connectivity index (χ0n) is 20.3. The van der Waals surface area contributed by atoms with Crippen molar-refractivity contribution in [3.8, 4) is 5.75 Å². The summed E-state index contributed by atoms with van der Waals surface area (Å²) in [6.45, 7) is 6.66. The molecule has 2 aromatic rings. The second-order valence-electron chi connectivity index (χ2n) is 7.12. The monoisotopic (exact) mass is 469 g/mol. The van der Waals surface area contributed by atoms with Crippen molar-refractivity contribution in [1.82, 2.24) is 4.90 Å². The van der Waals surface area contributed by atoms with Crippen LogP contribution < -0.4 is 4.74 Å². The number of carbonyl (C=O) groups excluding carboxylic acids is 1. The van der Waals surface area contributed by atoms with Gasteiger partial charge in [0.1, 0.15) is 12.0 Å². The van der Waals surface area contributed by atoms with E-state index in [2.05, 4.69) is 36.2 Å². The maximum Gasteiger partial charge on any atom is 0.150 e. The molecule has 1 atom stereocenters. The Hall–Kier alpha value is -2.66. The SMILES string of the molecule is CC.CCO.COc1ccc(CN(C)C(C2=CC=C(Cl)CC=C2)c2ccccc2C=O)cc1. The van der Waals surface area contributed by atoms with E-state index in [0.29, 0.717) is 12.0 Å². The van der Waals surface area contributed by atoms with Crippen LogP contribution in [0.4, 0.5) is 0 Å². The van der Waals surface area contributed by atoms with Crippen molar-refractivity contribution in [2.45, 2.75) is 39.8 Å². The zero-order chi connectivity index (χ0) is 24.6. The van der Waals surface area contributed by atoms with Crippen LogP contribution in [0.1, 0.15) is 54.7 Å². The van der Waals surface area contributed by atoms with Crippen LogP contribution >= 0.6 is 11.6 Å². The molecule has 5 heteroatoms. The predicted molar refractivity (Wildman–Crippen MR) is 139 cm³/mol. The second kappa shape index (κ2) is 16.0. The first kappa shape index (κ1) is 28.4. The first-order valence-corrected chi connectivity index (χ1v) is 11.6. The molecule has 0 heterocycles. The number of allylic oxidation sites excluding steroid dienone is 4. The molecule has 1 unspecified atom stereocenters. The number of nitrogens with zero attached hydrogens (tertiary/aromatic N) is 1. The van der Waals surface area contributed by atoms with E-state index in [4.69, 9.17) is 21.4 Å². The molecule has 1 N–H and O–H groups in total. The lowest BCUT2D eigenvalue weighted by Gasteiger charge is -2.30. The molecule has 0 saturated carbocycles. The average Bonchev–Trinajstić information content (AvgIpc) is 3.06. The average molecular weight is 470 g/mol. The quantitative estimate of drug-likeness (QED) is 0.457. The molecule has 178 valence electrons. The maximum atomic E-state index is 11.7. The van der Waals surface area contributed by atoms with Crippen molar-refractivity contribution in [3.05, 3.63) is 100 Å². The lowest BCUT2D eigenvalue weighted by atomic mass is 9.92. The summed E-state index contributed by atoms with van der Waals surface area (Å²) >= 11 is 6.22. The predicted octanol–water partition coefficient (Wildman–Crippen LogP) is 6.71. The summed E-state index contributed by atoms with van der Waals surface area (Å²) in [5.74, 6) is 0.837. The van der Waals surface area contributed by atoms with Crippen molar-refractivity contribution in [2.75, 3.05) is 20.8 Å². The summed E-state index contributed by atoms with van der Waals surface area (Å²) in [5.41, 5.74) is 3.95. The molecule has 0 radical (unpaired) electrons. The molecule has 33 heavy (non-hydrogen) atoms. The number of benzene rings is 2. The van der Waals surface area contributed by atoms with Gasteiger partial charge in [0.2, 0.25) is 0 Å². The van der Waals surface area contributed by atoms with E-state index >= 15 is 0 Å². The van der Waals surface area contributed by atoms with Gasteiger partial charge < -0.3 is 9.84 Å². The molecule has 3 rings (SSSR count). The third-order valence-electron chi connectivity index (χ3n) is 4.84. The molecule has 1 aliphatic rings. The molecule has 0 spiro atoms. The van der Waals surface area contributed by atoms with E-state index in [9.17, 15) is 4.79 Å². The van der Waals surface area contributed by atoms with Gasteiger partial charge in [0.25, 0.3) is 0 Å². The van der Waals surface area contributed by atoms with E-state index in [1.807, 2.05) is 62.4 Å². The van der Waals surface area contributed by atoms with Crippen LogP contribution in [0.15, 0.2) is 83.4 Å². The molecule has 0 saturated heterocycles. The minimum absolute atomic E-state index is 0.0708. The molecule has 0 fully saturated rings. The number of aliphatic hydroxyl groups excluding tert-OH is 1. The van der Waals surface area contributed by atoms with Crippen molar-refractivity contribution in [1.29, 1.82) is 0 Å². The summed E-state index contributed by atoms with van der Waals surface area (Å²) in [7, 11) is 3.73. The van der Waals surface area contributed by atoms with Gasteiger partial charge >= 0.3 is 0 Å². The van der Waals surface area contributed by atoms with Crippen LogP contribution in [0.25, 0.3) is 0 Å². The number of likely N-dealkylation sites (N-methyl/N-ethyl adjacent to an activating group) is 1. The third kappa shape index (κ3) is 9.01. The minimum atomic E-state index is -0.0708. The Morgan fingerprint density at radius 2 is 1.76 bits per heavy atom. The summed E-state index contributed by atoms with van der Waals surface area (Å²) in [4.78, 5) is 13.9. The highest BCUT2D eigenvalue weighted by molar-refractivity contribution is 6.29. The summed E-state index contributed by atoms with van der Waals surface area (Å²) in [5, 5.41) is 8.37. The molecule has 1 aliphatic carbocycles. The van der Waals surface area contributed by atoms with E-state index in [0.717, 1.165) is 34.7 Å². The lowest BCUT2D eigenvalue weighted by molar-refractivity contribution is 0.112. The molecular weight excluding hydrogens is 434 g/mol. The first-order chi connectivity index (χ1) is 16.0.